The molecule has 18 heavy (non-hydrogen) atoms. The third-order valence-corrected chi connectivity index (χ3v) is 6.42. The van der Waals surface area contributed by atoms with Crippen molar-refractivity contribution in [1.29, 1.82) is 0 Å². The van der Waals surface area contributed by atoms with Crippen LogP contribution in [0.1, 0.15) is 19.4 Å². The average Bonchev–Trinajstić information content (AvgIpc) is 2.79. The summed E-state index contributed by atoms with van der Waals surface area (Å²) in [7, 11) is -1.11. The Morgan fingerprint density at radius 1 is 1.00 bits per heavy atom. The van der Waals surface area contributed by atoms with E-state index in [9.17, 15) is 0 Å². The van der Waals surface area contributed by atoms with Crippen LogP contribution in [0.4, 0.5) is 0 Å². The van der Waals surface area contributed by atoms with Crippen LogP contribution in [-0.4, -0.2) is 8.07 Å². The van der Waals surface area contributed by atoms with Crippen molar-refractivity contribution in [3.8, 4) is 0 Å². The van der Waals surface area contributed by atoms with Crippen LogP contribution in [0.15, 0.2) is 54.1 Å². The molecule has 1 aliphatic rings. The summed E-state index contributed by atoms with van der Waals surface area (Å²) in [5.74, 6) is 0. The van der Waals surface area contributed by atoms with Gasteiger partial charge in [0.15, 0.2) is 0 Å². The van der Waals surface area contributed by atoms with E-state index in [0.717, 1.165) is 0 Å². The Hall–Kier alpha value is -1.08. The molecule has 1 heteroatoms. The summed E-state index contributed by atoms with van der Waals surface area (Å²) in [6, 6.07) is 10.8. The minimum absolute atomic E-state index is 0.117. The molecule has 1 aliphatic carbocycles. The van der Waals surface area contributed by atoms with Crippen molar-refractivity contribution < 1.29 is 0 Å². The van der Waals surface area contributed by atoms with Crippen molar-refractivity contribution in [3.05, 3.63) is 59.7 Å². The first-order valence-corrected chi connectivity index (χ1v) is 10.4. The SMILES string of the molecule is CC(C)(C1=CC([Si](C)(C)C)C=C1)c1ccccc1. The largest absolute Gasteiger partial charge is 0.0800 e. The summed E-state index contributed by atoms with van der Waals surface area (Å²) in [6.07, 6.45) is 7.25. The standard InChI is InChI=1S/C17H24Si/c1-17(2,14-9-7-6-8-10-14)15-11-12-16(13-15)18(3,4)5/h6-13,16H,1-5H3. The molecular weight excluding hydrogens is 232 g/mol. The molecule has 0 fully saturated rings. The molecule has 1 aromatic carbocycles. The average molecular weight is 256 g/mol. The minimum Gasteiger partial charge on any atom is -0.0800 e. The fourth-order valence-corrected chi connectivity index (χ4v) is 3.84. The number of hydrogen-bond acceptors (Lipinski definition) is 0. The van der Waals surface area contributed by atoms with E-state index in [-0.39, 0.29) is 5.41 Å². The van der Waals surface area contributed by atoms with Gasteiger partial charge in [-0.3, -0.25) is 0 Å². The monoisotopic (exact) mass is 256 g/mol. The molecule has 0 nitrogen and oxygen atoms in total. The first-order valence-electron chi connectivity index (χ1n) is 6.78. The van der Waals surface area contributed by atoms with Crippen molar-refractivity contribution in [2.75, 3.05) is 0 Å². The molecule has 0 bridgehead atoms. The first-order chi connectivity index (χ1) is 8.32. The second-order valence-electron chi connectivity index (χ2n) is 6.86. The van der Waals surface area contributed by atoms with Gasteiger partial charge in [-0.2, -0.15) is 0 Å². The van der Waals surface area contributed by atoms with E-state index in [4.69, 9.17) is 0 Å². The third kappa shape index (κ3) is 2.51. The van der Waals surface area contributed by atoms with Gasteiger partial charge in [-0.15, -0.1) is 0 Å². The molecule has 96 valence electrons. The molecule has 0 spiro atoms. The molecule has 2 rings (SSSR count). The van der Waals surface area contributed by atoms with Crippen molar-refractivity contribution in [1.82, 2.24) is 0 Å². The predicted octanol–water partition coefficient (Wildman–Crippen LogP) is 5.17. The van der Waals surface area contributed by atoms with Gasteiger partial charge in [0.1, 0.15) is 0 Å². The molecular formula is C17H24Si. The number of allylic oxidation sites excluding steroid dienone is 4. The number of hydrogen-bond donors (Lipinski definition) is 0. The van der Waals surface area contributed by atoms with Gasteiger partial charge >= 0.3 is 0 Å². The summed E-state index contributed by atoms with van der Waals surface area (Å²) < 4.78 is 0. The fourth-order valence-electron chi connectivity index (χ4n) is 2.49. The van der Waals surface area contributed by atoms with Crippen molar-refractivity contribution in [2.24, 2.45) is 0 Å². The van der Waals surface area contributed by atoms with Gasteiger partial charge in [-0.1, -0.05) is 82.0 Å². The predicted molar refractivity (Wildman–Crippen MR) is 83.8 cm³/mol. The van der Waals surface area contributed by atoms with Crippen LogP contribution in [0.25, 0.3) is 0 Å². The van der Waals surface area contributed by atoms with Gasteiger partial charge in [-0.25, -0.2) is 0 Å². The number of benzene rings is 1. The smallest absolute Gasteiger partial charge is 0.0558 e. The zero-order valence-electron chi connectivity index (χ0n) is 12.2. The van der Waals surface area contributed by atoms with E-state index < -0.39 is 8.07 Å². The maximum absolute atomic E-state index is 2.50. The molecule has 0 saturated heterocycles. The second-order valence-corrected chi connectivity index (χ2v) is 12.3. The first kappa shape index (κ1) is 13.4. The molecule has 1 unspecified atom stereocenters. The van der Waals surface area contributed by atoms with Crippen LogP contribution in [0, 0.1) is 0 Å². The van der Waals surface area contributed by atoms with Gasteiger partial charge in [-0.05, 0) is 16.7 Å². The molecule has 0 saturated carbocycles. The summed E-state index contributed by atoms with van der Waals surface area (Å²) >= 11 is 0. The summed E-state index contributed by atoms with van der Waals surface area (Å²) in [5.41, 5.74) is 3.68. The zero-order valence-corrected chi connectivity index (χ0v) is 13.2. The van der Waals surface area contributed by atoms with Gasteiger partial charge in [0, 0.05) is 5.41 Å². The maximum Gasteiger partial charge on any atom is 0.0558 e. The zero-order chi connectivity index (χ0) is 13.4. The highest BCUT2D eigenvalue weighted by atomic mass is 28.3. The lowest BCUT2D eigenvalue weighted by Crippen LogP contribution is -2.25. The molecule has 0 aromatic heterocycles. The van der Waals surface area contributed by atoms with E-state index in [1.165, 1.54) is 11.1 Å². The normalized spacial score (nSPS) is 20.1. The van der Waals surface area contributed by atoms with Crippen LogP contribution < -0.4 is 0 Å². The van der Waals surface area contributed by atoms with Gasteiger partial charge in [0.25, 0.3) is 0 Å². The Morgan fingerprint density at radius 2 is 1.61 bits per heavy atom. The molecule has 0 radical (unpaired) electrons. The van der Waals surface area contributed by atoms with Crippen LogP contribution in [0.5, 0.6) is 0 Å². The second kappa shape index (κ2) is 4.54. The molecule has 0 heterocycles. The lowest BCUT2D eigenvalue weighted by atomic mass is 9.78. The van der Waals surface area contributed by atoms with Crippen molar-refractivity contribution in [3.63, 3.8) is 0 Å². The third-order valence-electron chi connectivity index (χ3n) is 4.06. The molecule has 0 aliphatic heterocycles. The van der Waals surface area contributed by atoms with Crippen molar-refractivity contribution in [2.45, 2.75) is 44.4 Å². The van der Waals surface area contributed by atoms with Gasteiger partial charge in [0.05, 0.1) is 8.07 Å². The Kier molecular flexibility index (Phi) is 3.37. The van der Waals surface area contributed by atoms with E-state index in [2.05, 4.69) is 82.0 Å². The Balaban J connectivity index is 2.31. The van der Waals surface area contributed by atoms with Crippen LogP contribution in [-0.2, 0) is 5.41 Å². The molecule has 1 atom stereocenters. The molecule has 0 amide bonds. The summed E-state index contributed by atoms with van der Waals surface area (Å²) in [5, 5.41) is 0. The van der Waals surface area contributed by atoms with Gasteiger partial charge in [0.2, 0.25) is 0 Å². The quantitative estimate of drug-likeness (QED) is 0.655. The lowest BCUT2D eigenvalue weighted by molar-refractivity contribution is 0.640. The topological polar surface area (TPSA) is 0 Å². The fraction of sp³-hybridized carbons (Fsp3) is 0.412. The highest BCUT2D eigenvalue weighted by Gasteiger charge is 2.31. The van der Waals surface area contributed by atoms with E-state index in [0.29, 0.717) is 5.54 Å². The van der Waals surface area contributed by atoms with Crippen molar-refractivity contribution >= 4 is 8.07 Å². The highest BCUT2D eigenvalue weighted by Crippen LogP contribution is 2.40. The van der Waals surface area contributed by atoms with Crippen LogP contribution in [0.3, 0.4) is 0 Å². The van der Waals surface area contributed by atoms with E-state index in [1.807, 2.05) is 0 Å². The molecule has 0 N–H and O–H groups in total. The molecule has 1 aromatic rings. The Labute approximate surface area is 112 Å². The summed E-state index contributed by atoms with van der Waals surface area (Å²) in [6.45, 7) is 12.0. The summed E-state index contributed by atoms with van der Waals surface area (Å²) in [4.78, 5) is 0. The minimum atomic E-state index is -1.11. The van der Waals surface area contributed by atoms with Gasteiger partial charge < -0.3 is 0 Å². The Bertz CT molecular complexity index is 472. The Morgan fingerprint density at radius 3 is 2.11 bits per heavy atom. The number of rotatable bonds is 3. The highest BCUT2D eigenvalue weighted by molar-refractivity contribution is 6.78. The van der Waals surface area contributed by atoms with E-state index in [1.54, 1.807) is 0 Å². The lowest BCUT2D eigenvalue weighted by Gasteiger charge is -2.27. The van der Waals surface area contributed by atoms with E-state index >= 15 is 0 Å². The maximum atomic E-state index is 2.50. The van der Waals surface area contributed by atoms with Crippen LogP contribution >= 0.6 is 0 Å². The van der Waals surface area contributed by atoms with Crippen LogP contribution in [0.2, 0.25) is 25.2 Å².